The van der Waals surface area contributed by atoms with Gasteiger partial charge in [-0.15, -0.1) is 0 Å². The van der Waals surface area contributed by atoms with Crippen LogP contribution in [0.15, 0.2) is 72.8 Å². The number of Topliss-reactive ketones (excluding diaryl/α,β-unsaturated/α-hetero) is 1. The van der Waals surface area contributed by atoms with Crippen LogP contribution in [0.4, 0.5) is 0 Å². The van der Waals surface area contributed by atoms with Crippen LogP contribution in [-0.2, 0) is 4.74 Å². The normalized spacial score (nSPS) is 27.9. The molecule has 1 saturated heterocycles. The van der Waals surface area contributed by atoms with Gasteiger partial charge in [0.2, 0.25) is 0 Å². The van der Waals surface area contributed by atoms with E-state index in [1.54, 1.807) is 0 Å². The zero-order valence-corrected chi connectivity index (χ0v) is 13.6. The van der Waals surface area contributed by atoms with Crippen molar-refractivity contribution in [3.8, 4) is 11.1 Å². The first-order valence-corrected chi connectivity index (χ1v) is 8.81. The van der Waals surface area contributed by atoms with Crippen LogP contribution in [0.1, 0.15) is 45.2 Å². The molecule has 0 N–H and O–H groups in total. The van der Waals surface area contributed by atoms with Gasteiger partial charge in [0.25, 0.3) is 0 Å². The Morgan fingerprint density at radius 1 is 0.640 bits per heavy atom. The van der Waals surface area contributed by atoms with Gasteiger partial charge in [-0.05, 0) is 27.8 Å². The summed E-state index contributed by atoms with van der Waals surface area (Å²) >= 11 is 0. The van der Waals surface area contributed by atoms with Crippen molar-refractivity contribution in [2.24, 2.45) is 5.92 Å². The third kappa shape index (κ3) is 1.65. The molecule has 25 heavy (non-hydrogen) atoms. The Morgan fingerprint density at radius 3 is 2.08 bits per heavy atom. The lowest BCUT2D eigenvalue weighted by Crippen LogP contribution is -2.20. The minimum atomic E-state index is -0.0775. The Kier molecular flexibility index (Phi) is 2.54. The van der Waals surface area contributed by atoms with E-state index in [1.807, 2.05) is 30.3 Å². The van der Waals surface area contributed by atoms with Crippen LogP contribution in [0.2, 0.25) is 0 Å². The van der Waals surface area contributed by atoms with Crippen LogP contribution in [0.25, 0.3) is 11.1 Å². The van der Waals surface area contributed by atoms with Crippen molar-refractivity contribution in [3.63, 3.8) is 0 Å². The quantitative estimate of drug-likeness (QED) is 0.624. The predicted octanol–water partition coefficient (Wildman–Crippen LogP) is 5.08. The van der Waals surface area contributed by atoms with E-state index in [2.05, 4.69) is 42.5 Å². The number of hydrogen-bond acceptors (Lipinski definition) is 2. The van der Waals surface area contributed by atoms with Gasteiger partial charge in [-0.2, -0.15) is 0 Å². The van der Waals surface area contributed by atoms with Gasteiger partial charge >= 0.3 is 0 Å². The zero-order chi connectivity index (χ0) is 16.5. The molecule has 0 amide bonds. The van der Waals surface area contributed by atoms with Crippen LogP contribution in [0, 0.1) is 5.92 Å². The molecule has 3 aliphatic rings. The topological polar surface area (TPSA) is 26.3 Å². The van der Waals surface area contributed by atoms with E-state index in [1.165, 1.54) is 27.8 Å². The average molecular weight is 324 g/mol. The van der Waals surface area contributed by atoms with Crippen LogP contribution in [0.5, 0.6) is 0 Å². The molecule has 0 spiro atoms. The molecule has 0 saturated carbocycles. The molecule has 3 aromatic carbocycles. The summed E-state index contributed by atoms with van der Waals surface area (Å²) in [6, 6.07) is 25.0. The number of ether oxygens (including phenoxy) is 1. The van der Waals surface area contributed by atoms with Gasteiger partial charge in [0.1, 0.15) is 0 Å². The summed E-state index contributed by atoms with van der Waals surface area (Å²) in [5.74, 6) is 0.355. The SMILES string of the molecule is O=C1c2ccc(-c3ccccc3)cc2[C@H]2[C@@H]1[C@H]1O[C@@H]2c2ccccc21. The van der Waals surface area contributed by atoms with Crippen molar-refractivity contribution in [1.29, 1.82) is 0 Å². The van der Waals surface area contributed by atoms with Gasteiger partial charge in [0.15, 0.2) is 5.78 Å². The van der Waals surface area contributed by atoms with Crippen molar-refractivity contribution in [3.05, 3.63) is 95.1 Å². The number of hydrogen-bond donors (Lipinski definition) is 0. The molecule has 2 nitrogen and oxygen atoms in total. The van der Waals surface area contributed by atoms with E-state index in [0.29, 0.717) is 0 Å². The van der Waals surface area contributed by atoms with Crippen LogP contribution >= 0.6 is 0 Å². The molecule has 2 heterocycles. The highest BCUT2D eigenvalue weighted by atomic mass is 16.5. The maximum Gasteiger partial charge on any atom is 0.169 e. The summed E-state index contributed by atoms with van der Waals surface area (Å²) < 4.78 is 6.26. The lowest BCUT2D eigenvalue weighted by Gasteiger charge is -2.23. The lowest BCUT2D eigenvalue weighted by atomic mass is 9.76. The van der Waals surface area contributed by atoms with Crippen molar-refractivity contribution in [2.75, 3.05) is 0 Å². The molecule has 6 rings (SSSR count). The largest absolute Gasteiger partial charge is 0.364 e. The molecule has 4 atom stereocenters. The van der Waals surface area contributed by atoms with Gasteiger partial charge in [0.05, 0.1) is 18.1 Å². The second-order valence-electron chi connectivity index (χ2n) is 7.19. The lowest BCUT2D eigenvalue weighted by molar-refractivity contribution is 0.0526. The number of ketones is 1. The van der Waals surface area contributed by atoms with E-state index in [4.69, 9.17) is 4.74 Å². The Balaban J connectivity index is 1.52. The van der Waals surface area contributed by atoms with Gasteiger partial charge in [-0.1, -0.05) is 72.8 Å². The smallest absolute Gasteiger partial charge is 0.169 e. The molecule has 2 aliphatic heterocycles. The summed E-state index contributed by atoms with van der Waals surface area (Å²) in [5.41, 5.74) is 6.88. The maximum absolute atomic E-state index is 13.0. The van der Waals surface area contributed by atoms with E-state index in [0.717, 1.165) is 5.56 Å². The second kappa shape index (κ2) is 4.68. The molecule has 0 unspecified atom stereocenters. The van der Waals surface area contributed by atoms with Crippen LogP contribution < -0.4 is 0 Å². The van der Waals surface area contributed by atoms with Crippen molar-refractivity contribution < 1.29 is 9.53 Å². The summed E-state index contributed by atoms with van der Waals surface area (Å²) in [5, 5.41) is 0. The number of fused-ring (bicyclic) bond motifs is 10. The predicted molar refractivity (Wildman–Crippen MR) is 95.4 cm³/mol. The van der Waals surface area contributed by atoms with Crippen molar-refractivity contribution >= 4 is 5.78 Å². The monoisotopic (exact) mass is 324 g/mol. The molecule has 3 aromatic rings. The third-order valence-electron chi connectivity index (χ3n) is 6.03. The Hall–Kier alpha value is -2.71. The summed E-state index contributed by atoms with van der Waals surface area (Å²) in [7, 11) is 0. The van der Waals surface area contributed by atoms with E-state index in [-0.39, 0.29) is 29.8 Å². The Bertz CT molecular complexity index is 1020. The minimum Gasteiger partial charge on any atom is -0.364 e. The second-order valence-corrected chi connectivity index (χ2v) is 7.19. The first-order chi connectivity index (χ1) is 12.3. The van der Waals surface area contributed by atoms with Crippen LogP contribution in [-0.4, -0.2) is 5.78 Å². The third-order valence-corrected chi connectivity index (χ3v) is 6.03. The maximum atomic E-state index is 13.0. The fourth-order valence-corrected chi connectivity index (χ4v) is 4.98. The number of benzene rings is 3. The van der Waals surface area contributed by atoms with Gasteiger partial charge in [-0.25, -0.2) is 0 Å². The van der Waals surface area contributed by atoms with E-state index in [9.17, 15) is 4.79 Å². The molecule has 0 aromatic heterocycles. The standard InChI is InChI=1S/C23H16O2/c24-21-15-11-10-14(13-6-2-1-3-7-13)12-18(15)19-20(21)23-17-9-5-4-8-16(17)22(19)25-23/h1-12,19-20,22-23H/t19-,20-,22+,23-/m0/s1. The van der Waals surface area contributed by atoms with Crippen molar-refractivity contribution in [2.45, 2.75) is 18.1 Å². The summed E-state index contributed by atoms with van der Waals surface area (Å²) in [6.07, 6.45) is -0.0614. The Labute approximate surface area is 146 Å². The highest BCUT2D eigenvalue weighted by Crippen LogP contribution is 2.64. The molecular formula is C23H16O2. The first kappa shape index (κ1) is 13.6. The fraction of sp³-hybridized carbons (Fsp3) is 0.174. The molecule has 2 bridgehead atoms. The molecule has 120 valence electrons. The molecule has 1 aliphatic carbocycles. The highest BCUT2D eigenvalue weighted by Gasteiger charge is 2.59. The Morgan fingerprint density at radius 2 is 1.32 bits per heavy atom. The fourth-order valence-electron chi connectivity index (χ4n) is 4.98. The molecule has 2 heteroatoms. The van der Waals surface area contributed by atoms with Gasteiger partial charge in [-0.3, -0.25) is 4.79 Å². The molecule has 1 fully saturated rings. The number of rotatable bonds is 1. The average Bonchev–Trinajstić information content (AvgIpc) is 3.32. The molecule has 0 radical (unpaired) electrons. The van der Waals surface area contributed by atoms with E-state index >= 15 is 0 Å². The van der Waals surface area contributed by atoms with E-state index < -0.39 is 0 Å². The molecular weight excluding hydrogens is 308 g/mol. The number of carbonyl (C=O) groups excluding carboxylic acids is 1. The van der Waals surface area contributed by atoms with Crippen LogP contribution in [0.3, 0.4) is 0 Å². The minimum absolute atomic E-state index is 0.0161. The summed E-state index contributed by atoms with van der Waals surface area (Å²) in [4.78, 5) is 13.0. The highest BCUT2D eigenvalue weighted by molar-refractivity contribution is 6.05. The van der Waals surface area contributed by atoms with Gasteiger partial charge in [0, 0.05) is 11.5 Å². The zero-order valence-electron chi connectivity index (χ0n) is 13.6. The van der Waals surface area contributed by atoms with Crippen molar-refractivity contribution in [1.82, 2.24) is 0 Å². The van der Waals surface area contributed by atoms with Gasteiger partial charge < -0.3 is 4.74 Å². The first-order valence-electron chi connectivity index (χ1n) is 8.81. The summed E-state index contributed by atoms with van der Waals surface area (Å²) in [6.45, 7) is 0. The number of carbonyl (C=O) groups is 1.